The standard InChI is InChI=1S/C21H24N4O4/c1-14-11-15(2)13-19(12-14)28-10-9-24(4)16(3)20-22-23-21(29-20)17-5-7-18(8-6-17)25(26)27/h5-8,11-13,16H,9-10H2,1-4H3. The number of hydrogen-bond acceptors (Lipinski definition) is 7. The average molecular weight is 396 g/mol. The molecule has 0 saturated heterocycles. The van der Waals surface area contributed by atoms with Crippen molar-refractivity contribution in [1.82, 2.24) is 15.1 Å². The van der Waals surface area contributed by atoms with E-state index in [1.54, 1.807) is 12.1 Å². The predicted octanol–water partition coefficient (Wildman–Crippen LogP) is 4.33. The van der Waals surface area contributed by atoms with E-state index in [2.05, 4.69) is 21.2 Å². The van der Waals surface area contributed by atoms with Crippen molar-refractivity contribution in [3.05, 3.63) is 69.6 Å². The van der Waals surface area contributed by atoms with Gasteiger partial charge in [0.05, 0.1) is 11.0 Å². The monoisotopic (exact) mass is 396 g/mol. The number of aryl methyl sites for hydroxylation is 2. The van der Waals surface area contributed by atoms with E-state index in [0.29, 0.717) is 30.5 Å². The molecule has 0 radical (unpaired) electrons. The second-order valence-electron chi connectivity index (χ2n) is 7.08. The summed E-state index contributed by atoms with van der Waals surface area (Å²) in [7, 11) is 1.96. The molecule has 0 bridgehead atoms. The van der Waals surface area contributed by atoms with Crippen LogP contribution in [0, 0.1) is 24.0 Å². The Balaban J connectivity index is 1.58. The summed E-state index contributed by atoms with van der Waals surface area (Å²) in [5.74, 6) is 1.68. The zero-order valence-corrected chi connectivity index (χ0v) is 17.0. The fourth-order valence-corrected chi connectivity index (χ4v) is 2.95. The lowest BCUT2D eigenvalue weighted by molar-refractivity contribution is -0.384. The summed E-state index contributed by atoms with van der Waals surface area (Å²) < 4.78 is 11.6. The summed E-state index contributed by atoms with van der Waals surface area (Å²) in [6.45, 7) is 7.29. The second kappa shape index (κ2) is 8.83. The van der Waals surface area contributed by atoms with Crippen molar-refractivity contribution < 1.29 is 14.1 Å². The van der Waals surface area contributed by atoms with Gasteiger partial charge in [0.1, 0.15) is 12.4 Å². The Bertz CT molecular complexity index is 964. The minimum Gasteiger partial charge on any atom is -0.492 e. The van der Waals surface area contributed by atoms with Crippen molar-refractivity contribution in [2.24, 2.45) is 0 Å². The molecule has 0 aliphatic rings. The van der Waals surface area contributed by atoms with E-state index >= 15 is 0 Å². The van der Waals surface area contributed by atoms with E-state index in [1.165, 1.54) is 23.3 Å². The third-order valence-corrected chi connectivity index (χ3v) is 4.69. The summed E-state index contributed by atoms with van der Waals surface area (Å²) >= 11 is 0. The van der Waals surface area contributed by atoms with Gasteiger partial charge in [0.25, 0.3) is 5.69 Å². The molecule has 0 saturated carbocycles. The van der Waals surface area contributed by atoms with Gasteiger partial charge in [-0.05, 0) is 63.2 Å². The maximum atomic E-state index is 10.8. The summed E-state index contributed by atoms with van der Waals surface area (Å²) in [5, 5.41) is 19.0. The van der Waals surface area contributed by atoms with Gasteiger partial charge in [-0.25, -0.2) is 0 Å². The van der Waals surface area contributed by atoms with Gasteiger partial charge < -0.3 is 9.15 Å². The lowest BCUT2D eigenvalue weighted by Gasteiger charge is -2.21. The molecule has 0 aliphatic carbocycles. The van der Waals surface area contributed by atoms with Crippen LogP contribution in [0.4, 0.5) is 5.69 Å². The molecule has 0 N–H and O–H groups in total. The Morgan fingerprint density at radius 3 is 2.41 bits per heavy atom. The maximum absolute atomic E-state index is 10.8. The zero-order chi connectivity index (χ0) is 21.0. The van der Waals surface area contributed by atoms with E-state index in [4.69, 9.17) is 9.15 Å². The van der Waals surface area contributed by atoms with Gasteiger partial charge in [-0.15, -0.1) is 10.2 Å². The summed E-state index contributed by atoms with van der Waals surface area (Å²) in [6, 6.07) is 12.1. The van der Waals surface area contributed by atoms with Gasteiger partial charge in [-0.2, -0.15) is 0 Å². The molecule has 152 valence electrons. The topological polar surface area (TPSA) is 94.5 Å². The first-order chi connectivity index (χ1) is 13.8. The van der Waals surface area contributed by atoms with Gasteiger partial charge in [0, 0.05) is 24.2 Å². The third-order valence-electron chi connectivity index (χ3n) is 4.69. The summed E-state index contributed by atoms with van der Waals surface area (Å²) in [6.07, 6.45) is 0. The normalized spacial score (nSPS) is 12.2. The first-order valence-corrected chi connectivity index (χ1v) is 9.33. The highest BCUT2D eigenvalue weighted by atomic mass is 16.6. The molecule has 1 aromatic heterocycles. The van der Waals surface area contributed by atoms with Gasteiger partial charge >= 0.3 is 0 Å². The fraction of sp³-hybridized carbons (Fsp3) is 0.333. The number of likely N-dealkylation sites (N-methyl/N-ethyl adjacent to an activating group) is 1. The molecule has 3 rings (SSSR count). The van der Waals surface area contributed by atoms with E-state index in [1.807, 2.05) is 40.0 Å². The van der Waals surface area contributed by atoms with Gasteiger partial charge in [-0.3, -0.25) is 15.0 Å². The van der Waals surface area contributed by atoms with Crippen LogP contribution in [0.25, 0.3) is 11.5 Å². The van der Waals surface area contributed by atoms with Crippen molar-refractivity contribution in [3.8, 4) is 17.2 Å². The van der Waals surface area contributed by atoms with Crippen LogP contribution in [0.3, 0.4) is 0 Å². The van der Waals surface area contributed by atoms with Gasteiger partial charge in [-0.1, -0.05) is 6.07 Å². The minimum atomic E-state index is -0.444. The average Bonchev–Trinajstić information content (AvgIpc) is 3.16. The number of rotatable bonds is 8. The first-order valence-electron chi connectivity index (χ1n) is 9.33. The van der Waals surface area contributed by atoms with E-state index in [9.17, 15) is 10.1 Å². The highest BCUT2D eigenvalue weighted by molar-refractivity contribution is 5.55. The molecule has 1 unspecified atom stereocenters. The minimum absolute atomic E-state index is 0.0189. The van der Waals surface area contributed by atoms with Crippen LogP contribution < -0.4 is 4.74 Å². The van der Waals surface area contributed by atoms with Crippen LogP contribution in [-0.2, 0) is 0 Å². The number of nitro benzene ring substituents is 1. The van der Waals surface area contributed by atoms with Crippen LogP contribution >= 0.6 is 0 Å². The zero-order valence-electron chi connectivity index (χ0n) is 17.0. The molecule has 0 fully saturated rings. The molecular weight excluding hydrogens is 372 g/mol. The molecule has 0 aliphatic heterocycles. The first kappa shape index (κ1) is 20.5. The van der Waals surface area contributed by atoms with E-state index in [-0.39, 0.29) is 11.7 Å². The van der Waals surface area contributed by atoms with Crippen molar-refractivity contribution >= 4 is 5.69 Å². The van der Waals surface area contributed by atoms with Crippen LogP contribution in [0.2, 0.25) is 0 Å². The SMILES string of the molecule is Cc1cc(C)cc(OCCN(C)C(C)c2nnc(-c3ccc([N+](=O)[O-])cc3)o2)c1. The van der Waals surface area contributed by atoms with Crippen molar-refractivity contribution in [2.45, 2.75) is 26.8 Å². The molecule has 3 aromatic rings. The van der Waals surface area contributed by atoms with Crippen molar-refractivity contribution in [3.63, 3.8) is 0 Å². The number of ether oxygens (including phenoxy) is 1. The lowest BCUT2D eigenvalue weighted by Crippen LogP contribution is -2.27. The Kier molecular flexibility index (Phi) is 6.23. The fourth-order valence-electron chi connectivity index (χ4n) is 2.95. The Morgan fingerprint density at radius 2 is 1.79 bits per heavy atom. The number of hydrogen-bond donors (Lipinski definition) is 0. The van der Waals surface area contributed by atoms with Crippen LogP contribution in [0.15, 0.2) is 46.9 Å². The van der Waals surface area contributed by atoms with Gasteiger partial charge in [0.2, 0.25) is 11.8 Å². The number of nitrogens with zero attached hydrogens (tertiary/aromatic N) is 4. The number of non-ortho nitro benzene ring substituents is 1. The Labute approximate surface area is 169 Å². The molecular formula is C21H24N4O4. The molecule has 29 heavy (non-hydrogen) atoms. The molecule has 0 spiro atoms. The smallest absolute Gasteiger partial charge is 0.269 e. The largest absolute Gasteiger partial charge is 0.492 e. The number of nitro groups is 1. The third kappa shape index (κ3) is 5.17. The predicted molar refractivity (Wildman–Crippen MR) is 109 cm³/mol. The van der Waals surface area contributed by atoms with Gasteiger partial charge in [0.15, 0.2) is 0 Å². The molecule has 8 nitrogen and oxygen atoms in total. The number of aromatic nitrogens is 2. The molecule has 1 heterocycles. The maximum Gasteiger partial charge on any atom is 0.269 e. The molecule has 0 amide bonds. The molecule has 1 atom stereocenters. The highest BCUT2D eigenvalue weighted by Crippen LogP contribution is 2.25. The second-order valence-corrected chi connectivity index (χ2v) is 7.08. The quantitative estimate of drug-likeness (QED) is 0.413. The van der Waals surface area contributed by atoms with Crippen LogP contribution in [0.1, 0.15) is 30.0 Å². The summed E-state index contributed by atoms with van der Waals surface area (Å²) in [5.41, 5.74) is 3.01. The van der Waals surface area contributed by atoms with Crippen molar-refractivity contribution in [2.75, 3.05) is 20.2 Å². The Morgan fingerprint density at radius 1 is 1.14 bits per heavy atom. The van der Waals surface area contributed by atoms with Crippen LogP contribution in [0.5, 0.6) is 5.75 Å². The molecule has 2 aromatic carbocycles. The molecule has 8 heteroatoms. The highest BCUT2D eigenvalue weighted by Gasteiger charge is 2.19. The van der Waals surface area contributed by atoms with E-state index in [0.717, 1.165) is 5.75 Å². The number of benzene rings is 2. The Hall–Kier alpha value is -3.26. The summed E-state index contributed by atoms with van der Waals surface area (Å²) in [4.78, 5) is 12.4. The van der Waals surface area contributed by atoms with Crippen molar-refractivity contribution in [1.29, 1.82) is 0 Å². The van der Waals surface area contributed by atoms with Crippen LogP contribution in [-0.4, -0.2) is 40.2 Å². The lowest BCUT2D eigenvalue weighted by atomic mass is 10.1. The van der Waals surface area contributed by atoms with E-state index < -0.39 is 4.92 Å².